The van der Waals surface area contributed by atoms with Crippen LogP contribution in [0.1, 0.15) is 44.9 Å². The van der Waals surface area contributed by atoms with E-state index in [4.69, 9.17) is 0 Å². The summed E-state index contributed by atoms with van der Waals surface area (Å²) in [7, 11) is 0. The van der Waals surface area contributed by atoms with E-state index in [0.717, 1.165) is 63.9 Å². The monoisotopic (exact) mass is 425 g/mol. The Balaban J connectivity index is 1.50. The van der Waals surface area contributed by atoms with Gasteiger partial charge in [0.15, 0.2) is 0 Å². The molecule has 26 heavy (non-hydrogen) atoms. The number of aliphatic hydroxyl groups is 1. The van der Waals surface area contributed by atoms with E-state index in [1.54, 1.807) is 0 Å². The van der Waals surface area contributed by atoms with Crippen LogP contribution in [0.25, 0.3) is 0 Å². The van der Waals surface area contributed by atoms with Crippen molar-refractivity contribution in [2.45, 2.75) is 57.1 Å². The second kappa shape index (κ2) is 7.08. The number of rotatable bonds is 2. The molecule has 0 unspecified atom stereocenters. The lowest BCUT2D eigenvalue weighted by molar-refractivity contribution is -0.139. The summed E-state index contributed by atoms with van der Waals surface area (Å²) in [6.07, 6.45) is 7.14. The number of carbonyl (C=O) groups excluding carboxylic acids is 1. The van der Waals surface area contributed by atoms with Gasteiger partial charge in [0, 0.05) is 25.7 Å². The molecule has 1 atom stereocenters. The van der Waals surface area contributed by atoms with Crippen molar-refractivity contribution >= 4 is 27.7 Å². The normalized spacial score (nSPS) is 32.5. The fourth-order valence-corrected chi connectivity index (χ4v) is 5.47. The molecule has 2 saturated heterocycles. The second-order valence-corrected chi connectivity index (χ2v) is 8.83. The van der Waals surface area contributed by atoms with E-state index < -0.39 is 0 Å². The first kappa shape index (κ1) is 18.2. The van der Waals surface area contributed by atoms with Crippen LogP contribution in [-0.4, -0.2) is 52.7 Å². The molecule has 3 heterocycles. The van der Waals surface area contributed by atoms with Crippen molar-refractivity contribution in [3.8, 4) is 0 Å². The van der Waals surface area contributed by atoms with Crippen LogP contribution in [0.5, 0.6) is 0 Å². The third-order valence-electron chi connectivity index (χ3n) is 6.32. The molecule has 0 radical (unpaired) electrons. The van der Waals surface area contributed by atoms with E-state index in [0.29, 0.717) is 11.0 Å². The predicted molar refractivity (Wildman–Crippen MR) is 100 cm³/mol. The summed E-state index contributed by atoms with van der Waals surface area (Å²) in [4.78, 5) is 21.8. The molecule has 1 N–H and O–H groups in total. The summed E-state index contributed by atoms with van der Waals surface area (Å²) in [5.74, 6) is 0.620. The lowest BCUT2D eigenvalue weighted by Gasteiger charge is -2.41. The van der Waals surface area contributed by atoms with Crippen LogP contribution >= 0.6 is 15.9 Å². The summed E-state index contributed by atoms with van der Waals surface area (Å²) >= 11 is 3.41. The molecule has 7 heteroatoms. The quantitative estimate of drug-likeness (QED) is 0.790. The summed E-state index contributed by atoms with van der Waals surface area (Å²) < 4.78 is 14.0. The van der Waals surface area contributed by atoms with Crippen LogP contribution in [0, 0.1) is 11.2 Å². The van der Waals surface area contributed by atoms with Crippen molar-refractivity contribution < 1.29 is 14.3 Å². The highest BCUT2D eigenvalue weighted by atomic mass is 79.9. The number of likely N-dealkylation sites (tertiary alicyclic amines) is 1. The highest BCUT2D eigenvalue weighted by Crippen LogP contribution is 2.44. The number of hydrogen-bond acceptors (Lipinski definition) is 4. The zero-order chi connectivity index (χ0) is 18.3. The highest BCUT2D eigenvalue weighted by molar-refractivity contribution is 9.10. The number of pyridine rings is 1. The lowest BCUT2D eigenvalue weighted by atomic mass is 9.78. The van der Waals surface area contributed by atoms with Crippen molar-refractivity contribution in [1.29, 1.82) is 0 Å². The number of piperidine rings is 1. The van der Waals surface area contributed by atoms with E-state index >= 15 is 0 Å². The molecule has 142 valence electrons. The van der Waals surface area contributed by atoms with Gasteiger partial charge in [-0.25, -0.2) is 9.37 Å². The second-order valence-electron chi connectivity index (χ2n) is 7.98. The van der Waals surface area contributed by atoms with E-state index in [1.807, 2.05) is 0 Å². The first-order valence-electron chi connectivity index (χ1n) is 9.54. The van der Waals surface area contributed by atoms with Gasteiger partial charge in [0.1, 0.15) is 11.6 Å². The van der Waals surface area contributed by atoms with Gasteiger partial charge >= 0.3 is 0 Å². The number of aromatic nitrogens is 1. The third kappa shape index (κ3) is 3.24. The van der Waals surface area contributed by atoms with Crippen molar-refractivity contribution in [3.05, 3.63) is 22.6 Å². The molecule has 0 bridgehead atoms. The number of amides is 1. The van der Waals surface area contributed by atoms with Crippen LogP contribution < -0.4 is 4.90 Å². The van der Waals surface area contributed by atoms with Gasteiger partial charge in [-0.15, -0.1) is 0 Å². The number of anilines is 1. The maximum atomic E-state index is 13.4. The smallest absolute Gasteiger partial charge is 0.230 e. The highest BCUT2D eigenvalue weighted by Gasteiger charge is 2.50. The van der Waals surface area contributed by atoms with Crippen molar-refractivity contribution in [2.75, 3.05) is 24.5 Å². The summed E-state index contributed by atoms with van der Waals surface area (Å²) in [6, 6.07) is 1.70. The topological polar surface area (TPSA) is 56.7 Å². The third-order valence-corrected chi connectivity index (χ3v) is 6.90. The number of hydrogen-bond donors (Lipinski definition) is 1. The average Bonchev–Trinajstić information content (AvgIpc) is 2.92. The van der Waals surface area contributed by atoms with Crippen LogP contribution in [0.3, 0.4) is 0 Å². The molecule has 1 spiro atoms. The van der Waals surface area contributed by atoms with Crippen molar-refractivity contribution in [1.82, 2.24) is 9.88 Å². The summed E-state index contributed by atoms with van der Waals surface area (Å²) in [6.45, 7) is 2.29. The molecule has 1 amide bonds. The van der Waals surface area contributed by atoms with Gasteiger partial charge in [0.25, 0.3) is 0 Å². The number of carbonyl (C=O) groups is 1. The van der Waals surface area contributed by atoms with Crippen LogP contribution in [0.4, 0.5) is 10.2 Å². The Morgan fingerprint density at radius 1 is 1.23 bits per heavy atom. The van der Waals surface area contributed by atoms with Gasteiger partial charge in [0.2, 0.25) is 5.91 Å². The number of aliphatic hydroxyl groups excluding tert-OH is 1. The van der Waals surface area contributed by atoms with Gasteiger partial charge in [0.05, 0.1) is 22.2 Å². The number of halogens is 2. The molecule has 2 aliphatic heterocycles. The molecule has 3 aliphatic rings. The molecule has 5 nitrogen and oxygen atoms in total. The molecule has 1 saturated carbocycles. The van der Waals surface area contributed by atoms with E-state index in [2.05, 4.69) is 30.7 Å². The minimum Gasteiger partial charge on any atom is -0.393 e. The largest absolute Gasteiger partial charge is 0.393 e. The van der Waals surface area contributed by atoms with Gasteiger partial charge in [-0.2, -0.15) is 0 Å². The summed E-state index contributed by atoms with van der Waals surface area (Å²) in [5, 5.41) is 9.74. The van der Waals surface area contributed by atoms with Crippen molar-refractivity contribution in [3.63, 3.8) is 0 Å². The zero-order valence-electron chi connectivity index (χ0n) is 14.8. The molecule has 1 aliphatic carbocycles. The average molecular weight is 426 g/mol. The Hall–Kier alpha value is -1.21. The fourth-order valence-electron chi connectivity index (χ4n) is 4.90. The molecule has 3 fully saturated rings. The lowest BCUT2D eigenvalue weighted by Crippen LogP contribution is -2.50. The maximum Gasteiger partial charge on any atom is 0.230 e. The van der Waals surface area contributed by atoms with Crippen LogP contribution in [-0.2, 0) is 4.79 Å². The Morgan fingerprint density at radius 3 is 2.73 bits per heavy atom. The van der Waals surface area contributed by atoms with E-state index in [9.17, 15) is 14.3 Å². The van der Waals surface area contributed by atoms with Crippen LogP contribution in [0.2, 0.25) is 0 Å². The predicted octanol–water partition coefficient (Wildman–Crippen LogP) is 3.11. The van der Waals surface area contributed by atoms with Crippen molar-refractivity contribution in [2.24, 2.45) is 5.41 Å². The Labute approximate surface area is 161 Å². The summed E-state index contributed by atoms with van der Waals surface area (Å²) in [5.41, 5.74) is -0.343. The number of nitrogens with zero attached hydrogens (tertiary/aromatic N) is 3. The SMILES string of the molecule is O=C1N(C2CCC(O)CC2)CC[C@@]12CCCN(c1ncc(F)cc1Br)C2. The maximum absolute atomic E-state index is 13.4. The van der Waals surface area contributed by atoms with Gasteiger partial charge in [-0.3, -0.25) is 4.79 Å². The Kier molecular flexibility index (Phi) is 4.94. The first-order valence-corrected chi connectivity index (χ1v) is 10.3. The van der Waals surface area contributed by atoms with Gasteiger partial charge < -0.3 is 14.9 Å². The van der Waals surface area contributed by atoms with Crippen LogP contribution in [0.15, 0.2) is 16.7 Å². The molecule has 4 rings (SSSR count). The Morgan fingerprint density at radius 2 is 2.00 bits per heavy atom. The van der Waals surface area contributed by atoms with E-state index in [-0.39, 0.29) is 29.3 Å². The zero-order valence-corrected chi connectivity index (χ0v) is 16.4. The first-order chi connectivity index (χ1) is 12.5. The molecule has 1 aromatic rings. The fraction of sp³-hybridized carbons (Fsp3) is 0.684. The van der Waals surface area contributed by atoms with E-state index in [1.165, 1.54) is 12.3 Å². The molecular formula is C19H25BrFN3O2. The van der Waals surface area contributed by atoms with Gasteiger partial charge in [-0.05, 0) is 66.9 Å². The standard InChI is InChI=1S/C19H25BrFN3O2/c20-16-10-13(21)11-22-17(16)23-8-1-6-19(12-23)7-9-24(18(19)26)14-2-4-15(25)5-3-14/h10-11,14-15,25H,1-9,12H2/t14?,15?,19-/m1/s1. The molecular weight excluding hydrogens is 401 g/mol. The Bertz CT molecular complexity index is 695. The minimum absolute atomic E-state index is 0.204. The van der Waals surface area contributed by atoms with Gasteiger partial charge in [-0.1, -0.05) is 0 Å². The minimum atomic E-state index is -0.366. The molecule has 0 aromatic carbocycles. The molecule has 1 aromatic heterocycles.